The normalized spacial score (nSPS) is 18.3. The molecule has 0 amide bonds. The van der Waals surface area contributed by atoms with Gasteiger partial charge in [0.2, 0.25) is 11.8 Å². The van der Waals surface area contributed by atoms with Crippen LogP contribution in [0, 0.1) is 0 Å². The van der Waals surface area contributed by atoms with Gasteiger partial charge in [-0.15, -0.1) is 10.2 Å². The fourth-order valence-corrected chi connectivity index (χ4v) is 2.79. The van der Waals surface area contributed by atoms with E-state index in [2.05, 4.69) is 15.1 Å². The van der Waals surface area contributed by atoms with E-state index in [-0.39, 0.29) is 0 Å². The first-order valence-electron chi connectivity index (χ1n) is 8.21. The zero-order valence-electron chi connectivity index (χ0n) is 13.1. The van der Waals surface area contributed by atoms with Gasteiger partial charge in [-0.2, -0.15) is 13.2 Å². The van der Waals surface area contributed by atoms with Crippen LogP contribution in [0.4, 0.5) is 13.2 Å². The fraction of sp³-hybridized carbons (Fsp3) is 0.529. The van der Waals surface area contributed by atoms with Gasteiger partial charge < -0.3 is 4.42 Å². The van der Waals surface area contributed by atoms with Gasteiger partial charge in [-0.05, 0) is 43.4 Å². The van der Waals surface area contributed by atoms with Gasteiger partial charge in [-0.1, -0.05) is 12.1 Å². The summed E-state index contributed by atoms with van der Waals surface area (Å²) in [5.41, 5.74) is 0.243. The third kappa shape index (κ3) is 3.61. The van der Waals surface area contributed by atoms with Crippen LogP contribution in [0.15, 0.2) is 28.7 Å². The lowest BCUT2D eigenvalue weighted by molar-refractivity contribution is -0.137. The van der Waals surface area contributed by atoms with Gasteiger partial charge in [-0.3, -0.25) is 4.90 Å². The summed E-state index contributed by atoms with van der Waals surface area (Å²) in [4.78, 5) is 2.20. The molecule has 7 heteroatoms. The minimum absolute atomic E-state index is 0.426. The van der Waals surface area contributed by atoms with Crippen LogP contribution in [-0.2, 0) is 19.3 Å². The van der Waals surface area contributed by atoms with Crippen molar-refractivity contribution in [3.05, 3.63) is 47.2 Å². The number of alkyl halides is 3. The van der Waals surface area contributed by atoms with E-state index in [1.165, 1.54) is 0 Å². The molecule has 1 aromatic heterocycles. The van der Waals surface area contributed by atoms with Gasteiger partial charge in [0.15, 0.2) is 0 Å². The molecule has 24 heavy (non-hydrogen) atoms. The van der Waals surface area contributed by atoms with Gasteiger partial charge >= 0.3 is 6.18 Å². The zero-order valence-corrected chi connectivity index (χ0v) is 13.1. The van der Waals surface area contributed by atoms with Crippen molar-refractivity contribution >= 4 is 0 Å². The Bertz CT molecular complexity index is 703. The number of hydrogen-bond donors (Lipinski definition) is 0. The number of halogens is 3. The maximum atomic E-state index is 12.6. The average molecular weight is 337 g/mol. The summed E-state index contributed by atoms with van der Waals surface area (Å²) in [5, 5.41) is 8.20. The van der Waals surface area contributed by atoms with Gasteiger partial charge in [0.05, 0.1) is 12.1 Å². The van der Waals surface area contributed by atoms with Crippen LogP contribution < -0.4 is 0 Å². The molecule has 0 spiro atoms. The van der Waals surface area contributed by atoms with E-state index in [0.717, 1.165) is 49.3 Å². The summed E-state index contributed by atoms with van der Waals surface area (Å²) in [6.45, 7) is 1.13. The van der Waals surface area contributed by atoms with Crippen molar-refractivity contribution < 1.29 is 17.6 Å². The molecule has 0 N–H and O–H groups in total. The molecule has 0 aliphatic heterocycles. The van der Waals surface area contributed by atoms with E-state index in [1.807, 2.05) is 0 Å². The minimum atomic E-state index is -4.29. The number of benzene rings is 1. The van der Waals surface area contributed by atoms with E-state index in [0.29, 0.717) is 30.9 Å². The largest absolute Gasteiger partial charge is 0.424 e. The van der Waals surface area contributed by atoms with E-state index >= 15 is 0 Å². The third-order valence-corrected chi connectivity index (χ3v) is 4.48. The van der Waals surface area contributed by atoms with E-state index in [1.54, 1.807) is 12.1 Å². The maximum absolute atomic E-state index is 12.6. The van der Waals surface area contributed by atoms with Crippen LogP contribution >= 0.6 is 0 Å². The van der Waals surface area contributed by atoms with E-state index in [4.69, 9.17) is 4.42 Å². The van der Waals surface area contributed by atoms with Gasteiger partial charge in [0.25, 0.3) is 0 Å². The van der Waals surface area contributed by atoms with E-state index in [9.17, 15) is 13.2 Å². The predicted molar refractivity (Wildman–Crippen MR) is 80.0 cm³/mol. The number of rotatable bonds is 6. The topological polar surface area (TPSA) is 42.2 Å². The quantitative estimate of drug-likeness (QED) is 0.795. The van der Waals surface area contributed by atoms with Crippen LogP contribution in [0.25, 0.3) is 0 Å². The SMILES string of the molecule is FC(F)(F)c1ccc(CN(Cc2nnc(C3CC3)o2)C2CC2)cc1. The Morgan fingerprint density at radius 1 is 1.00 bits per heavy atom. The molecule has 0 bridgehead atoms. The molecule has 1 aromatic carbocycles. The summed E-state index contributed by atoms with van der Waals surface area (Å²) < 4.78 is 43.6. The predicted octanol–water partition coefficient (Wildman–Crippen LogP) is 4.13. The second-order valence-corrected chi connectivity index (χ2v) is 6.64. The summed E-state index contributed by atoms with van der Waals surface area (Å²) in [7, 11) is 0. The first-order chi connectivity index (χ1) is 11.5. The Balaban J connectivity index is 1.43. The Hall–Kier alpha value is -1.89. The second kappa shape index (κ2) is 5.88. The molecule has 0 radical (unpaired) electrons. The summed E-state index contributed by atoms with van der Waals surface area (Å²) in [6.07, 6.45) is 0.130. The summed E-state index contributed by atoms with van der Waals surface area (Å²) >= 11 is 0. The average Bonchev–Trinajstić information content (AvgIpc) is 3.45. The van der Waals surface area contributed by atoms with Crippen molar-refractivity contribution in [1.29, 1.82) is 0 Å². The highest BCUT2D eigenvalue weighted by Gasteiger charge is 2.33. The smallest absolute Gasteiger partial charge is 0.416 e. The molecule has 1 heterocycles. The molecule has 2 aliphatic rings. The molecule has 128 valence electrons. The Kier molecular flexibility index (Phi) is 3.83. The van der Waals surface area contributed by atoms with Gasteiger partial charge in [0, 0.05) is 18.5 Å². The van der Waals surface area contributed by atoms with Crippen molar-refractivity contribution in [2.45, 2.75) is 56.9 Å². The zero-order chi connectivity index (χ0) is 16.7. The van der Waals surface area contributed by atoms with Crippen molar-refractivity contribution in [2.75, 3.05) is 0 Å². The molecular formula is C17H18F3N3O. The van der Waals surface area contributed by atoms with Crippen LogP contribution in [0.1, 0.15) is 54.5 Å². The number of aromatic nitrogens is 2. The lowest BCUT2D eigenvalue weighted by Gasteiger charge is -2.20. The van der Waals surface area contributed by atoms with Crippen LogP contribution in [0.5, 0.6) is 0 Å². The van der Waals surface area contributed by atoms with Crippen molar-refractivity contribution in [3.8, 4) is 0 Å². The highest BCUT2D eigenvalue weighted by Crippen LogP contribution is 2.39. The number of nitrogens with zero attached hydrogens (tertiary/aromatic N) is 3. The molecule has 2 fully saturated rings. The highest BCUT2D eigenvalue weighted by atomic mass is 19.4. The van der Waals surface area contributed by atoms with Crippen LogP contribution in [0.3, 0.4) is 0 Å². The highest BCUT2D eigenvalue weighted by molar-refractivity contribution is 5.24. The Morgan fingerprint density at radius 3 is 2.29 bits per heavy atom. The Labute approximate surface area is 137 Å². The monoisotopic (exact) mass is 337 g/mol. The third-order valence-electron chi connectivity index (χ3n) is 4.48. The summed E-state index contributed by atoms with van der Waals surface area (Å²) in [6, 6.07) is 5.81. The fourth-order valence-electron chi connectivity index (χ4n) is 2.79. The number of hydrogen-bond acceptors (Lipinski definition) is 4. The molecule has 0 unspecified atom stereocenters. The van der Waals surface area contributed by atoms with Crippen LogP contribution in [-0.4, -0.2) is 21.1 Å². The standard InChI is InChI=1S/C17H18F3N3O/c18-17(19,20)13-5-1-11(2-6-13)9-23(14-7-8-14)10-15-21-22-16(24-15)12-3-4-12/h1-2,5-6,12,14H,3-4,7-10H2. The van der Waals surface area contributed by atoms with Crippen LogP contribution in [0.2, 0.25) is 0 Å². The minimum Gasteiger partial charge on any atom is -0.424 e. The van der Waals surface area contributed by atoms with Crippen molar-refractivity contribution in [3.63, 3.8) is 0 Å². The van der Waals surface area contributed by atoms with Crippen molar-refractivity contribution in [1.82, 2.24) is 15.1 Å². The summed E-state index contributed by atoms with van der Waals surface area (Å²) in [5.74, 6) is 1.74. The van der Waals surface area contributed by atoms with Crippen molar-refractivity contribution in [2.24, 2.45) is 0 Å². The molecule has 4 rings (SSSR count). The van der Waals surface area contributed by atoms with Gasteiger partial charge in [-0.25, -0.2) is 0 Å². The molecule has 4 nitrogen and oxygen atoms in total. The molecule has 2 aliphatic carbocycles. The Morgan fingerprint density at radius 2 is 1.71 bits per heavy atom. The molecular weight excluding hydrogens is 319 g/mol. The lowest BCUT2D eigenvalue weighted by Crippen LogP contribution is -2.25. The molecule has 0 atom stereocenters. The van der Waals surface area contributed by atoms with Gasteiger partial charge in [0.1, 0.15) is 0 Å². The molecule has 0 saturated heterocycles. The first kappa shape index (κ1) is 15.6. The maximum Gasteiger partial charge on any atom is 0.416 e. The van der Waals surface area contributed by atoms with E-state index < -0.39 is 11.7 Å². The molecule has 2 saturated carbocycles. The lowest BCUT2D eigenvalue weighted by atomic mass is 10.1. The first-order valence-corrected chi connectivity index (χ1v) is 8.21. The molecule has 2 aromatic rings. The second-order valence-electron chi connectivity index (χ2n) is 6.64.